The first-order chi connectivity index (χ1) is 16.9. The van der Waals surface area contributed by atoms with Crippen LogP contribution in [0, 0.1) is 0 Å². The highest BCUT2D eigenvalue weighted by Crippen LogP contribution is 2.51. The zero-order chi connectivity index (χ0) is 24.2. The van der Waals surface area contributed by atoms with Crippen molar-refractivity contribution in [3.63, 3.8) is 0 Å². The van der Waals surface area contributed by atoms with Gasteiger partial charge in [0.15, 0.2) is 16.6 Å². The minimum Gasteiger partial charge on any atom is -0.454 e. The Morgan fingerprint density at radius 3 is 2.74 bits per heavy atom. The van der Waals surface area contributed by atoms with Crippen molar-refractivity contribution in [3.8, 4) is 11.5 Å². The molecule has 0 spiro atoms. The first-order valence-electron chi connectivity index (χ1n) is 11.5. The van der Waals surface area contributed by atoms with Crippen molar-refractivity contribution in [1.82, 2.24) is 9.88 Å². The molecule has 7 nitrogen and oxygen atoms in total. The molecule has 2 aromatic carbocycles. The number of ether oxygens (including phenoxy) is 2. The van der Waals surface area contributed by atoms with Gasteiger partial charge in [0.25, 0.3) is 0 Å². The summed E-state index contributed by atoms with van der Waals surface area (Å²) in [6.07, 6.45) is 3.67. The maximum Gasteiger partial charge on any atom is 0.236 e. The Labute approximate surface area is 216 Å². The fourth-order valence-corrected chi connectivity index (χ4v) is 6.17. The van der Waals surface area contributed by atoms with E-state index in [1.807, 2.05) is 30.3 Å². The fourth-order valence-electron chi connectivity index (χ4n) is 4.89. The molecule has 1 aromatic heterocycles. The molecule has 35 heavy (non-hydrogen) atoms. The molecular weight excluding hydrogens is 509 g/mol. The summed E-state index contributed by atoms with van der Waals surface area (Å²) < 4.78 is 10.9. The van der Waals surface area contributed by atoms with Crippen molar-refractivity contribution in [1.29, 1.82) is 0 Å². The molecule has 2 atom stereocenters. The van der Waals surface area contributed by atoms with Crippen LogP contribution < -0.4 is 14.8 Å². The third-order valence-corrected chi connectivity index (χ3v) is 8.65. The van der Waals surface area contributed by atoms with Gasteiger partial charge in [-0.15, -0.1) is 0 Å². The second kappa shape index (κ2) is 8.94. The number of aromatic nitrogens is 1. The van der Waals surface area contributed by atoms with Gasteiger partial charge >= 0.3 is 0 Å². The zero-order valence-corrected chi connectivity index (χ0v) is 21.0. The number of hydrogen-bond acceptors (Lipinski definition) is 7. The van der Waals surface area contributed by atoms with E-state index in [2.05, 4.69) is 15.2 Å². The van der Waals surface area contributed by atoms with Gasteiger partial charge in [0.2, 0.25) is 12.7 Å². The van der Waals surface area contributed by atoms with Crippen LogP contribution in [-0.4, -0.2) is 46.9 Å². The average molecular weight is 532 g/mol. The number of hydrogen-bond donors (Lipinski definition) is 2. The molecule has 3 heterocycles. The molecule has 2 aliphatic heterocycles. The lowest BCUT2D eigenvalue weighted by atomic mass is 9.94. The molecule has 2 fully saturated rings. The highest BCUT2D eigenvalue weighted by Gasteiger charge is 2.52. The molecular formula is C25H23Cl2N3O4S. The highest BCUT2D eigenvalue weighted by atomic mass is 35.5. The predicted molar refractivity (Wildman–Crippen MR) is 135 cm³/mol. The van der Waals surface area contributed by atoms with Crippen molar-refractivity contribution in [2.45, 2.75) is 36.8 Å². The zero-order valence-electron chi connectivity index (χ0n) is 18.7. The smallest absolute Gasteiger partial charge is 0.236 e. The van der Waals surface area contributed by atoms with Gasteiger partial charge in [-0.1, -0.05) is 46.7 Å². The van der Waals surface area contributed by atoms with E-state index in [-0.39, 0.29) is 24.8 Å². The SMILES string of the molecule is O=C(Nc1ncc([C@@H](c2ccc(Cl)c(Cl)c2)N2CC[C@H](O)C2)s1)C1(c2ccc3c(c2)OCO3)CC1. The third kappa shape index (κ3) is 4.27. The topological polar surface area (TPSA) is 83.9 Å². The molecule has 182 valence electrons. The van der Waals surface area contributed by atoms with Gasteiger partial charge < -0.3 is 19.9 Å². The maximum atomic E-state index is 13.3. The summed E-state index contributed by atoms with van der Waals surface area (Å²) in [5.41, 5.74) is 1.32. The number of carbonyl (C=O) groups excluding carboxylic acids is 1. The van der Waals surface area contributed by atoms with E-state index >= 15 is 0 Å². The normalized spacial score (nSPS) is 21.2. The molecule has 6 rings (SSSR count). The second-order valence-electron chi connectivity index (χ2n) is 9.19. The number of β-amino-alcohol motifs (C(OH)–C–C–N with tert-alkyl or cyclic N) is 1. The number of benzene rings is 2. The molecule has 2 N–H and O–H groups in total. The van der Waals surface area contributed by atoms with Crippen LogP contribution in [-0.2, 0) is 10.2 Å². The number of carbonyl (C=O) groups is 1. The number of nitrogens with zero attached hydrogens (tertiary/aromatic N) is 2. The summed E-state index contributed by atoms with van der Waals surface area (Å²) in [7, 11) is 0. The van der Waals surface area contributed by atoms with Crippen LogP contribution in [0.5, 0.6) is 11.5 Å². The summed E-state index contributed by atoms with van der Waals surface area (Å²) in [5.74, 6) is 1.31. The van der Waals surface area contributed by atoms with Crippen molar-refractivity contribution in [2.75, 3.05) is 25.2 Å². The van der Waals surface area contributed by atoms with Crippen LogP contribution in [0.15, 0.2) is 42.6 Å². The molecule has 1 amide bonds. The molecule has 1 saturated carbocycles. The number of aliphatic hydroxyl groups is 1. The largest absolute Gasteiger partial charge is 0.454 e. The summed E-state index contributed by atoms with van der Waals surface area (Å²) in [6.45, 7) is 1.50. The number of amides is 1. The lowest BCUT2D eigenvalue weighted by molar-refractivity contribution is -0.118. The van der Waals surface area contributed by atoms with Crippen LogP contribution in [0.1, 0.15) is 41.3 Å². The van der Waals surface area contributed by atoms with Crippen molar-refractivity contribution >= 4 is 45.6 Å². The number of rotatable bonds is 6. The van der Waals surface area contributed by atoms with Gasteiger partial charge in [-0.25, -0.2) is 4.98 Å². The van der Waals surface area contributed by atoms with E-state index in [1.165, 1.54) is 11.3 Å². The fraction of sp³-hybridized carbons (Fsp3) is 0.360. The van der Waals surface area contributed by atoms with E-state index in [1.54, 1.807) is 12.3 Å². The Balaban J connectivity index is 1.25. The lowest BCUT2D eigenvalue weighted by Crippen LogP contribution is -2.28. The Bertz CT molecular complexity index is 1300. The second-order valence-corrected chi connectivity index (χ2v) is 11.1. The van der Waals surface area contributed by atoms with Crippen LogP contribution >= 0.6 is 34.5 Å². The number of aliphatic hydroxyl groups excluding tert-OH is 1. The first kappa shape index (κ1) is 23.1. The van der Waals surface area contributed by atoms with Crippen molar-refractivity contribution in [2.24, 2.45) is 0 Å². The number of anilines is 1. The summed E-state index contributed by atoms with van der Waals surface area (Å²) in [4.78, 5) is 21.0. The van der Waals surface area contributed by atoms with Crippen LogP contribution in [0.2, 0.25) is 10.0 Å². The first-order valence-corrected chi connectivity index (χ1v) is 13.0. The van der Waals surface area contributed by atoms with Crippen LogP contribution in [0.4, 0.5) is 5.13 Å². The quantitative estimate of drug-likeness (QED) is 0.465. The number of thiazole rings is 1. The standard InChI is InChI=1S/C25H23Cl2N3O4S/c26-17-3-1-14(9-18(17)27)22(30-8-5-16(31)12-30)21-11-28-24(35-21)29-23(32)25(6-7-25)15-2-4-19-20(10-15)34-13-33-19/h1-4,9-11,16,22,31H,5-8,12-13H2,(H,28,29,32)/t16-,22+/m0/s1. The Morgan fingerprint density at radius 2 is 2.00 bits per heavy atom. The van der Waals surface area contributed by atoms with E-state index in [0.29, 0.717) is 39.6 Å². The van der Waals surface area contributed by atoms with E-state index in [4.69, 9.17) is 32.7 Å². The molecule has 1 aliphatic carbocycles. The lowest BCUT2D eigenvalue weighted by Gasteiger charge is -2.27. The Hall–Kier alpha value is -2.36. The summed E-state index contributed by atoms with van der Waals surface area (Å²) >= 11 is 13.9. The van der Waals surface area contributed by atoms with Crippen molar-refractivity contribution < 1.29 is 19.4 Å². The van der Waals surface area contributed by atoms with E-state index in [0.717, 1.165) is 35.4 Å². The minimum atomic E-state index is -0.574. The third-order valence-electron chi connectivity index (χ3n) is 6.94. The Morgan fingerprint density at radius 1 is 1.17 bits per heavy atom. The molecule has 10 heteroatoms. The van der Waals surface area contributed by atoms with Crippen molar-refractivity contribution in [3.05, 3.63) is 68.6 Å². The molecule has 1 saturated heterocycles. The molecule has 0 unspecified atom stereocenters. The van der Waals surface area contributed by atoms with Gasteiger partial charge in [-0.2, -0.15) is 0 Å². The number of halogens is 2. The minimum absolute atomic E-state index is 0.0695. The highest BCUT2D eigenvalue weighted by molar-refractivity contribution is 7.15. The van der Waals surface area contributed by atoms with Gasteiger partial charge in [-0.05, 0) is 54.7 Å². The summed E-state index contributed by atoms with van der Waals surface area (Å²) in [6, 6.07) is 11.1. The van der Waals surface area contributed by atoms with Gasteiger partial charge in [0.05, 0.1) is 27.6 Å². The molecule has 0 bridgehead atoms. The molecule has 0 radical (unpaired) electrons. The van der Waals surface area contributed by atoms with Gasteiger partial charge in [0, 0.05) is 24.2 Å². The monoisotopic (exact) mass is 531 g/mol. The maximum absolute atomic E-state index is 13.3. The van der Waals surface area contributed by atoms with Crippen LogP contribution in [0.3, 0.4) is 0 Å². The molecule has 3 aromatic rings. The number of likely N-dealkylation sites (tertiary alicyclic amines) is 1. The molecule has 3 aliphatic rings. The van der Waals surface area contributed by atoms with E-state index in [9.17, 15) is 9.90 Å². The average Bonchev–Trinajstić information content (AvgIpc) is 3.13. The van der Waals surface area contributed by atoms with E-state index < -0.39 is 5.41 Å². The van der Waals surface area contributed by atoms with Crippen LogP contribution in [0.25, 0.3) is 0 Å². The Kier molecular flexibility index (Phi) is 5.89. The van der Waals surface area contributed by atoms with Gasteiger partial charge in [0.1, 0.15) is 0 Å². The predicted octanol–water partition coefficient (Wildman–Crippen LogP) is 5.00. The number of nitrogens with one attached hydrogen (secondary N) is 1. The number of fused-ring (bicyclic) bond motifs is 1. The summed E-state index contributed by atoms with van der Waals surface area (Å²) in [5, 5.41) is 14.7. The van der Waals surface area contributed by atoms with Gasteiger partial charge in [-0.3, -0.25) is 9.69 Å².